The van der Waals surface area contributed by atoms with Gasteiger partial charge in [-0.3, -0.25) is 4.99 Å². The van der Waals surface area contributed by atoms with Gasteiger partial charge >= 0.3 is 0 Å². The Labute approximate surface area is 184 Å². The van der Waals surface area contributed by atoms with Gasteiger partial charge in [0.25, 0.3) is 0 Å². The van der Waals surface area contributed by atoms with Crippen LogP contribution in [0.4, 0.5) is 0 Å². The lowest BCUT2D eigenvalue weighted by Crippen LogP contribution is -2.43. The Morgan fingerprint density at radius 1 is 1.23 bits per heavy atom. The minimum absolute atomic E-state index is 0. The normalized spacial score (nSPS) is 14.3. The summed E-state index contributed by atoms with van der Waals surface area (Å²) in [6, 6.07) is 5.45. The molecule has 2 N–H and O–H groups in total. The molecular weight excluding hydrogens is 508 g/mol. The summed E-state index contributed by atoms with van der Waals surface area (Å²) in [5.41, 5.74) is 0.885. The smallest absolute Gasteiger partial charge is 0.191 e. The van der Waals surface area contributed by atoms with Crippen LogP contribution >= 0.6 is 47.2 Å². The summed E-state index contributed by atoms with van der Waals surface area (Å²) < 4.78 is 22.6. The quantitative estimate of drug-likeness (QED) is 0.299. The first-order valence-electron chi connectivity index (χ1n) is 8.30. The van der Waals surface area contributed by atoms with Gasteiger partial charge in [0.2, 0.25) is 0 Å². The molecule has 0 bridgehead atoms. The van der Waals surface area contributed by atoms with Gasteiger partial charge in [0.1, 0.15) is 9.84 Å². The number of nitrogens with one attached hydrogen (secondary N) is 2. The maximum absolute atomic E-state index is 11.3. The Morgan fingerprint density at radius 3 is 2.31 bits per heavy atom. The van der Waals surface area contributed by atoms with Crippen LogP contribution in [0.5, 0.6) is 0 Å². The van der Waals surface area contributed by atoms with Crippen LogP contribution in [-0.4, -0.2) is 45.5 Å². The number of hydrogen-bond acceptors (Lipinski definition) is 3. The molecule has 1 aromatic rings. The van der Waals surface area contributed by atoms with Crippen molar-refractivity contribution >= 4 is 63.0 Å². The molecule has 0 saturated heterocycles. The van der Waals surface area contributed by atoms with E-state index in [1.807, 2.05) is 39.0 Å². The molecule has 0 saturated carbocycles. The molecule has 1 aromatic carbocycles. The molecule has 1 rings (SSSR count). The van der Waals surface area contributed by atoms with E-state index in [4.69, 9.17) is 23.2 Å². The molecule has 0 amide bonds. The molecule has 2 atom stereocenters. The molecule has 5 nitrogen and oxygen atoms in total. The second kappa shape index (κ2) is 12.3. The van der Waals surface area contributed by atoms with Crippen LogP contribution in [0.3, 0.4) is 0 Å². The number of halogens is 3. The summed E-state index contributed by atoms with van der Waals surface area (Å²) >= 11 is 12.5. The molecule has 26 heavy (non-hydrogen) atoms. The highest BCUT2D eigenvalue weighted by Gasteiger charge is 2.14. The van der Waals surface area contributed by atoms with E-state index in [0.717, 1.165) is 5.56 Å². The van der Waals surface area contributed by atoms with Crippen molar-refractivity contribution in [2.75, 3.05) is 25.1 Å². The van der Waals surface area contributed by atoms with Crippen molar-refractivity contribution in [1.82, 2.24) is 10.6 Å². The Balaban J connectivity index is 0.00000625. The number of nitrogens with zero attached hydrogens (tertiary/aromatic N) is 1. The zero-order chi connectivity index (χ0) is 19.0. The van der Waals surface area contributed by atoms with Crippen molar-refractivity contribution in [2.24, 2.45) is 4.99 Å². The van der Waals surface area contributed by atoms with Gasteiger partial charge in [-0.1, -0.05) is 36.2 Å². The van der Waals surface area contributed by atoms with Crippen LogP contribution < -0.4 is 10.6 Å². The molecule has 0 aromatic heterocycles. The summed E-state index contributed by atoms with van der Waals surface area (Å²) in [5.74, 6) is 0.855. The number of hydrogen-bond donors (Lipinski definition) is 2. The van der Waals surface area contributed by atoms with E-state index in [-0.39, 0.29) is 41.7 Å². The van der Waals surface area contributed by atoms with Gasteiger partial charge in [-0.25, -0.2) is 8.42 Å². The predicted octanol–water partition coefficient (Wildman–Crippen LogP) is 4.09. The first-order chi connectivity index (χ1) is 11.6. The van der Waals surface area contributed by atoms with E-state index >= 15 is 0 Å². The predicted molar refractivity (Wildman–Crippen MR) is 123 cm³/mol. The Morgan fingerprint density at radius 2 is 1.81 bits per heavy atom. The van der Waals surface area contributed by atoms with Crippen LogP contribution in [0.15, 0.2) is 23.2 Å². The lowest BCUT2D eigenvalue weighted by Gasteiger charge is -2.19. The zero-order valence-corrected chi connectivity index (χ0v) is 20.2. The number of guanidine groups is 1. The van der Waals surface area contributed by atoms with Crippen LogP contribution in [0.2, 0.25) is 10.0 Å². The lowest BCUT2D eigenvalue weighted by atomic mass is 10.0. The number of benzene rings is 1. The molecule has 150 valence electrons. The highest BCUT2D eigenvalue weighted by atomic mass is 127. The Kier molecular flexibility index (Phi) is 12.1. The van der Waals surface area contributed by atoms with Crippen LogP contribution in [0.1, 0.15) is 38.7 Å². The van der Waals surface area contributed by atoms with E-state index in [2.05, 4.69) is 15.6 Å². The van der Waals surface area contributed by atoms with Crippen LogP contribution in [-0.2, 0) is 9.84 Å². The molecule has 0 heterocycles. The molecule has 0 fully saturated rings. The third kappa shape index (κ3) is 9.62. The van der Waals surface area contributed by atoms with Crippen molar-refractivity contribution in [3.05, 3.63) is 33.8 Å². The maximum Gasteiger partial charge on any atom is 0.191 e. The zero-order valence-electron chi connectivity index (χ0n) is 15.6. The fourth-order valence-corrected chi connectivity index (χ4v) is 3.87. The monoisotopic (exact) mass is 535 g/mol. The van der Waals surface area contributed by atoms with Gasteiger partial charge in [-0.15, -0.1) is 24.0 Å². The van der Waals surface area contributed by atoms with E-state index in [1.54, 1.807) is 0 Å². The van der Waals surface area contributed by atoms with E-state index in [0.29, 0.717) is 35.5 Å². The summed E-state index contributed by atoms with van der Waals surface area (Å²) in [4.78, 5) is 4.58. The Hall–Kier alpha value is -0.250. The maximum atomic E-state index is 11.3. The highest BCUT2D eigenvalue weighted by molar-refractivity contribution is 14.0. The SMILES string of the molecule is CCNC(=NCC(C)c1c(Cl)cccc1Cl)NC(C)CCS(C)(=O)=O.I. The van der Waals surface area contributed by atoms with Gasteiger partial charge in [0, 0.05) is 41.4 Å². The first kappa shape index (κ1) is 25.8. The van der Waals surface area contributed by atoms with Crippen molar-refractivity contribution in [1.29, 1.82) is 0 Å². The van der Waals surface area contributed by atoms with Gasteiger partial charge in [0.15, 0.2) is 5.96 Å². The first-order valence-corrected chi connectivity index (χ1v) is 11.1. The van der Waals surface area contributed by atoms with E-state index in [1.165, 1.54) is 6.26 Å². The van der Waals surface area contributed by atoms with Crippen LogP contribution in [0, 0.1) is 0 Å². The average molecular weight is 536 g/mol. The van der Waals surface area contributed by atoms with Crippen molar-refractivity contribution in [3.8, 4) is 0 Å². The van der Waals surface area contributed by atoms with Crippen LogP contribution in [0.25, 0.3) is 0 Å². The van der Waals surface area contributed by atoms with Crippen molar-refractivity contribution in [3.63, 3.8) is 0 Å². The fourth-order valence-electron chi connectivity index (χ4n) is 2.32. The summed E-state index contributed by atoms with van der Waals surface area (Å²) in [7, 11) is -2.97. The van der Waals surface area contributed by atoms with Crippen molar-refractivity contribution < 1.29 is 8.42 Å². The molecule has 0 aliphatic rings. The third-order valence-electron chi connectivity index (χ3n) is 3.66. The van der Waals surface area contributed by atoms with Gasteiger partial charge in [-0.05, 0) is 38.0 Å². The number of aliphatic imine (C=N–C) groups is 1. The van der Waals surface area contributed by atoms with Crippen molar-refractivity contribution in [2.45, 2.75) is 39.2 Å². The van der Waals surface area contributed by atoms with E-state index < -0.39 is 9.84 Å². The second-order valence-corrected chi connectivity index (χ2v) is 9.29. The minimum atomic E-state index is -2.97. The lowest BCUT2D eigenvalue weighted by molar-refractivity contribution is 0.581. The summed E-state index contributed by atoms with van der Waals surface area (Å²) in [6.07, 6.45) is 1.77. The fraction of sp³-hybridized carbons (Fsp3) is 0.588. The second-order valence-electron chi connectivity index (χ2n) is 6.22. The minimum Gasteiger partial charge on any atom is -0.357 e. The Bertz CT molecular complexity index is 679. The van der Waals surface area contributed by atoms with E-state index in [9.17, 15) is 8.42 Å². The van der Waals surface area contributed by atoms with Gasteiger partial charge in [0.05, 0.1) is 5.75 Å². The van der Waals surface area contributed by atoms with Gasteiger partial charge < -0.3 is 10.6 Å². The largest absolute Gasteiger partial charge is 0.357 e. The molecular formula is C17H28Cl2IN3O2S. The average Bonchev–Trinajstić information content (AvgIpc) is 2.50. The molecule has 0 aliphatic heterocycles. The highest BCUT2D eigenvalue weighted by Crippen LogP contribution is 2.31. The number of sulfone groups is 1. The molecule has 9 heteroatoms. The molecule has 0 spiro atoms. The standard InChI is InChI=1S/C17H27Cl2N3O2S.HI/c1-5-20-17(22-13(3)9-10-25(4,23)24)21-11-12(2)16-14(18)7-6-8-15(16)19;/h6-8,12-13H,5,9-11H2,1-4H3,(H2,20,21,22);1H. The third-order valence-corrected chi connectivity index (χ3v) is 5.30. The molecule has 0 aliphatic carbocycles. The molecule has 0 radical (unpaired) electrons. The van der Waals surface area contributed by atoms with Gasteiger partial charge in [-0.2, -0.15) is 0 Å². The summed E-state index contributed by atoms with van der Waals surface area (Å²) in [6.45, 7) is 7.16. The molecule has 2 unspecified atom stereocenters. The summed E-state index contributed by atoms with van der Waals surface area (Å²) in [5, 5.41) is 7.67. The number of rotatable bonds is 8. The topological polar surface area (TPSA) is 70.6 Å².